The van der Waals surface area contributed by atoms with Crippen LogP contribution in [0.5, 0.6) is 5.75 Å². The van der Waals surface area contributed by atoms with Crippen molar-refractivity contribution in [3.63, 3.8) is 0 Å². The maximum Gasteiger partial charge on any atom is 0.235 e. The first-order chi connectivity index (χ1) is 18.7. The molecule has 0 radical (unpaired) electrons. The second-order valence-electron chi connectivity index (χ2n) is 12.5. The summed E-state index contributed by atoms with van der Waals surface area (Å²) in [5, 5.41) is 26.5. The highest BCUT2D eigenvalue weighted by atomic mass is 35.5. The molecule has 0 saturated heterocycles. The highest BCUT2D eigenvalue weighted by molar-refractivity contribution is 6.34. The number of phenolic OH excluding ortho intramolecular Hbond substituents is 1. The summed E-state index contributed by atoms with van der Waals surface area (Å²) < 4.78 is 0. The normalized spacial score (nSPS) is 33.4. The van der Waals surface area contributed by atoms with Crippen molar-refractivity contribution in [2.75, 3.05) is 14.1 Å². The molecule has 3 saturated carbocycles. The van der Waals surface area contributed by atoms with Gasteiger partial charge in [-0.3, -0.25) is 28.9 Å². The van der Waals surface area contributed by atoms with Gasteiger partial charge in [-0.1, -0.05) is 30.9 Å². The van der Waals surface area contributed by atoms with Gasteiger partial charge in [0.25, 0.3) is 0 Å². The molecular weight excluding hydrogens is 538 g/mol. The lowest BCUT2D eigenvalue weighted by atomic mass is 9.52. The fourth-order valence-corrected chi connectivity index (χ4v) is 7.95. The lowest BCUT2D eigenvalue weighted by Crippen LogP contribution is -2.74. The van der Waals surface area contributed by atoms with Crippen molar-refractivity contribution < 1.29 is 34.2 Å². The van der Waals surface area contributed by atoms with E-state index >= 15 is 0 Å². The number of primary amides is 1. The maximum atomic E-state index is 13.9. The molecule has 0 heterocycles. The molecule has 6 atom stereocenters. The summed E-state index contributed by atoms with van der Waals surface area (Å²) >= 11 is 6.83. The SMILES string of the molecule is CN(C)[C@@H]1C(=O)C(C(N)=O)C(=O)[C@@]2(O)C(=O)C3C(=O)c4c(O)cc(CNC5(C)CCCCC5)c(Cl)c4C[C@H]3C[C@@H]12. The molecule has 1 amide bonds. The molecule has 40 heavy (non-hydrogen) atoms. The van der Waals surface area contributed by atoms with E-state index in [1.165, 1.54) is 17.4 Å². The second kappa shape index (κ2) is 10.0. The lowest BCUT2D eigenvalue weighted by molar-refractivity contribution is -0.181. The number of carbonyl (C=O) groups is 5. The summed E-state index contributed by atoms with van der Waals surface area (Å²) in [5.74, 6) is -10.7. The Hall–Kier alpha value is -2.66. The van der Waals surface area contributed by atoms with Crippen LogP contribution in [0.1, 0.15) is 66.9 Å². The Bertz CT molecular complexity index is 1320. The molecule has 0 bridgehead atoms. The van der Waals surface area contributed by atoms with E-state index in [0.717, 1.165) is 25.7 Å². The van der Waals surface area contributed by atoms with Gasteiger partial charge in [-0.15, -0.1) is 0 Å². The predicted molar refractivity (Wildman–Crippen MR) is 145 cm³/mol. The zero-order valence-electron chi connectivity index (χ0n) is 23.0. The van der Waals surface area contributed by atoms with Crippen molar-refractivity contribution in [3.05, 3.63) is 27.8 Å². The van der Waals surface area contributed by atoms with E-state index in [9.17, 15) is 34.2 Å². The highest BCUT2D eigenvalue weighted by Gasteiger charge is 2.69. The van der Waals surface area contributed by atoms with Crippen molar-refractivity contribution in [2.24, 2.45) is 29.4 Å². The minimum Gasteiger partial charge on any atom is -0.507 e. The monoisotopic (exact) mass is 573 g/mol. The van der Waals surface area contributed by atoms with Gasteiger partial charge in [-0.25, -0.2) is 0 Å². The molecular formula is C29H36ClN3O7. The molecule has 11 heteroatoms. The third-order valence-electron chi connectivity index (χ3n) is 9.73. The number of fused-ring (bicyclic) bond motifs is 3. The van der Waals surface area contributed by atoms with Crippen molar-refractivity contribution in [3.8, 4) is 5.75 Å². The van der Waals surface area contributed by atoms with E-state index in [4.69, 9.17) is 17.3 Å². The van der Waals surface area contributed by atoms with Gasteiger partial charge >= 0.3 is 0 Å². The van der Waals surface area contributed by atoms with E-state index in [2.05, 4.69) is 12.2 Å². The number of aliphatic hydroxyl groups is 1. The van der Waals surface area contributed by atoms with Crippen LogP contribution in [0.3, 0.4) is 0 Å². The number of amides is 1. The van der Waals surface area contributed by atoms with Crippen molar-refractivity contribution in [2.45, 2.75) is 75.6 Å². The van der Waals surface area contributed by atoms with Crippen molar-refractivity contribution in [1.29, 1.82) is 0 Å². The summed E-state index contributed by atoms with van der Waals surface area (Å²) in [6.45, 7) is 2.55. The molecule has 0 spiro atoms. The van der Waals surface area contributed by atoms with Gasteiger partial charge in [-0.05, 0) is 69.8 Å². The fraction of sp³-hybridized carbons (Fsp3) is 0.621. The second-order valence-corrected chi connectivity index (χ2v) is 12.9. The summed E-state index contributed by atoms with van der Waals surface area (Å²) in [6, 6.07) is 0.288. The molecule has 0 aliphatic heterocycles. The molecule has 5 N–H and O–H groups in total. The zero-order chi connectivity index (χ0) is 29.3. The van der Waals surface area contributed by atoms with Crippen LogP contribution >= 0.6 is 11.6 Å². The fourth-order valence-electron chi connectivity index (χ4n) is 7.65. The van der Waals surface area contributed by atoms with Crippen LogP contribution in [0.2, 0.25) is 5.02 Å². The number of rotatable bonds is 5. The van der Waals surface area contributed by atoms with Crippen LogP contribution in [0.25, 0.3) is 0 Å². The minimum atomic E-state index is -2.74. The first-order valence-electron chi connectivity index (χ1n) is 13.9. The van der Waals surface area contributed by atoms with Gasteiger partial charge in [-0.2, -0.15) is 0 Å². The highest BCUT2D eigenvalue weighted by Crippen LogP contribution is 2.51. The number of nitrogens with zero attached hydrogens (tertiary/aromatic N) is 1. The largest absolute Gasteiger partial charge is 0.507 e. The van der Waals surface area contributed by atoms with Gasteiger partial charge in [0.15, 0.2) is 34.7 Å². The van der Waals surface area contributed by atoms with Gasteiger partial charge < -0.3 is 21.3 Å². The third-order valence-corrected chi connectivity index (χ3v) is 10.2. The minimum absolute atomic E-state index is 0.0124. The Morgan fingerprint density at radius 2 is 1.80 bits per heavy atom. The number of phenols is 1. The molecule has 1 aromatic rings. The van der Waals surface area contributed by atoms with E-state index in [1.54, 1.807) is 14.1 Å². The van der Waals surface area contributed by atoms with E-state index in [1.807, 2.05) is 0 Å². The van der Waals surface area contributed by atoms with Gasteiger partial charge in [0.05, 0.1) is 17.5 Å². The molecule has 10 nitrogen and oxygen atoms in total. The molecule has 4 aliphatic rings. The maximum absolute atomic E-state index is 13.9. The first-order valence-corrected chi connectivity index (χ1v) is 14.2. The van der Waals surface area contributed by atoms with Gasteiger partial charge in [0, 0.05) is 23.0 Å². The van der Waals surface area contributed by atoms with Crippen molar-refractivity contribution in [1.82, 2.24) is 10.2 Å². The van der Waals surface area contributed by atoms with Gasteiger partial charge in [0.1, 0.15) is 5.75 Å². The number of hydrogen-bond donors (Lipinski definition) is 4. The topological polar surface area (TPSA) is 167 Å². The molecule has 1 aromatic carbocycles. The summed E-state index contributed by atoms with van der Waals surface area (Å²) in [6.07, 6.45) is 5.64. The number of carbonyl (C=O) groups excluding carboxylic acids is 5. The average Bonchev–Trinajstić information content (AvgIpc) is 2.87. The van der Waals surface area contributed by atoms with Crippen LogP contribution in [-0.2, 0) is 32.1 Å². The first kappa shape index (κ1) is 28.9. The van der Waals surface area contributed by atoms with Crippen molar-refractivity contribution >= 4 is 40.6 Å². The number of hydrogen-bond acceptors (Lipinski definition) is 9. The number of ketones is 4. The predicted octanol–water partition coefficient (Wildman–Crippen LogP) is 1.33. The Labute approximate surface area is 237 Å². The van der Waals surface area contributed by atoms with Gasteiger partial charge in [0.2, 0.25) is 5.91 Å². The number of Topliss-reactive ketones (excluding diaryl/α,β-unsaturated/α-hetero) is 4. The Morgan fingerprint density at radius 1 is 1.15 bits per heavy atom. The Balaban J connectivity index is 1.53. The summed E-state index contributed by atoms with van der Waals surface area (Å²) in [5.41, 5.74) is 3.51. The van der Waals surface area contributed by atoms with Crippen LogP contribution in [0.4, 0.5) is 0 Å². The average molecular weight is 574 g/mol. The standard InChI is InChI=1S/C29H36ClN3O7/c1-28(7-5-4-6-8-28)32-12-14-11-17(34)19-15(21(14)30)9-13-10-16-22(33(2)3)24(36)20(27(31)39)26(38)29(16,40)25(37)18(13)23(19)35/h11,13,16,18,20,22,32,34,40H,4-10,12H2,1-3H3,(H2,31,39)/t13-,16-,18?,20?,22-,29-/m0/s1. The van der Waals surface area contributed by atoms with Crippen LogP contribution in [0, 0.1) is 23.7 Å². The molecule has 216 valence electrons. The molecule has 2 unspecified atom stereocenters. The summed E-state index contributed by atoms with van der Waals surface area (Å²) in [7, 11) is 3.10. The van der Waals surface area contributed by atoms with E-state index < -0.39 is 64.4 Å². The van der Waals surface area contributed by atoms with E-state index in [0.29, 0.717) is 22.7 Å². The van der Waals surface area contributed by atoms with Crippen LogP contribution < -0.4 is 11.1 Å². The third kappa shape index (κ3) is 4.22. The number of benzene rings is 1. The number of aromatic hydroxyl groups is 1. The summed E-state index contributed by atoms with van der Waals surface area (Å²) in [4.78, 5) is 67.7. The smallest absolute Gasteiger partial charge is 0.235 e. The molecule has 4 aliphatic carbocycles. The van der Waals surface area contributed by atoms with Crippen LogP contribution in [0.15, 0.2) is 6.07 Å². The number of nitrogens with one attached hydrogen (secondary N) is 1. The molecule has 5 rings (SSSR count). The quantitative estimate of drug-likeness (QED) is 0.380. The van der Waals surface area contributed by atoms with E-state index in [-0.39, 0.29) is 29.7 Å². The number of halogens is 1. The van der Waals surface area contributed by atoms with Crippen LogP contribution in [-0.4, -0.2) is 75.4 Å². The zero-order valence-corrected chi connectivity index (χ0v) is 23.7. The Morgan fingerprint density at radius 3 is 2.40 bits per heavy atom. The molecule has 3 fully saturated rings. The number of nitrogens with two attached hydrogens (primary N) is 1. The Kier molecular flexibility index (Phi) is 7.22. The number of likely N-dealkylation sites (N-methyl/N-ethyl adjacent to an activating group) is 1. The molecule has 0 aromatic heterocycles. The lowest BCUT2D eigenvalue weighted by Gasteiger charge is -2.52.